The molecule has 2 aromatic heterocycles. The SMILES string of the molecule is CCOc1ncccc1C(=O)N1CCN(Cc2nc3ccccc3s2)CC1. The van der Waals surface area contributed by atoms with Gasteiger partial charge >= 0.3 is 0 Å². The molecule has 4 rings (SSSR count). The molecule has 0 bridgehead atoms. The minimum absolute atomic E-state index is 0.00816. The number of hydrogen-bond acceptors (Lipinski definition) is 6. The van der Waals surface area contributed by atoms with E-state index in [1.165, 1.54) is 4.70 Å². The van der Waals surface area contributed by atoms with Gasteiger partial charge in [-0.05, 0) is 31.2 Å². The van der Waals surface area contributed by atoms with E-state index in [1.54, 1.807) is 29.7 Å². The van der Waals surface area contributed by atoms with E-state index in [9.17, 15) is 4.79 Å². The average Bonchev–Trinajstić information content (AvgIpc) is 3.11. The summed E-state index contributed by atoms with van der Waals surface area (Å²) in [6.07, 6.45) is 1.65. The zero-order valence-electron chi connectivity index (χ0n) is 15.3. The highest BCUT2D eigenvalue weighted by Crippen LogP contribution is 2.23. The number of carbonyl (C=O) groups excluding carboxylic acids is 1. The van der Waals surface area contributed by atoms with Gasteiger partial charge in [-0.3, -0.25) is 9.69 Å². The summed E-state index contributed by atoms with van der Waals surface area (Å²) in [4.78, 5) is 26.0. The Balaban J connectivity index is 1.38. The van der Waals surface area contributed by atoms with Crippen LogP contribution in [0.3, 0.4) is 0 Å². The maximum absolute atomic E-state index is 12.9. The largest absolute Gasteiger partial charge is 0.477 e. The van der Waals surface area contributed by atoms with Crippen molar-refractivity contribution in [2.75, 3.05) is 32.8 Å². The van der Waals surface area contributed by atoms with Crippen molar-refractivity contribution in [3.63, 3.8) is 0 Å². The van der Waals surface area contributed by atoms with Gasteiger partial charge in [-0.2, -0.15) is 0 Å². The number of carbonyl (C=O) groups is 1. The molecule has 0 aliphatic carbocycles. The molecule has 1 aromatic carbocycles. The molecule has 1 fully saturated rings. The first-order valence-corrected chi connectivity index (χ1v) is 10.00. The molecule has 27 heavy (non-hydrogen) atoms. The standard InChI is InChI=1S/C20H22N4O2S/c1-2-26-19-15(6-5-9-21-19)20(25)24-12-10-23(11-13-24)14-18-22-16-7-3-4-8-17(16)27-18/h3-9H,2,10-14H2,1H3. The van der Waals surface area contributed by atoms with Gasteiger partial charge in [-0.25, -0.2) is 9.97 Å². The van der Waals surface area contributed by atoms with Crippen LogP contribution < -0.4 is 4.74 Å². The molecule has 0 N–H and O–H groups in total. The van der Waals surface area contributed by atoms with Crippen molar-refractivity contribution >= 4 is 27.5 Å². The number of amides is 1. The Morgan fingerprint density at radius 2 is 1.96 bits per heavy atom. The van der Waals surface area contributed by atoms with Crippen molar-refractivity contribution < 1.29 is 9.53 Å². The van der Waals surface area contributed by atoms with Gasteiger partial charge in [0.1, 0.15) is 10.6 Å². The minimum Gasteiger partial charge on any atom is -0.477 e. The summed E-state index contributed by atoms with van der Waals surface area (Å²) in [5, 5.41) is 1.13. The fraction of sp³-hybridized carbons (Fsp3) is 0.350. The van der Waals surface area contributed by atoms with Gasteiger partial charge in [0.05, 0.1) is 23.4 Å². The summed E-state index contributed by atoms with van der Waals surface area (Å²) in [6.45, 7) is 6.29. The fourth-order valence-corrected chi connectivity index (χ4v) is 4.27. The van der Waals surface area contributed by atoms with Crippen LogP contribution in [-0.4, -0.2) is 58.5 Å². The number of fused-ring (bicyclic) bond motifs is 1. The van der Waals surface area contributed by atoms with Crippen LogP contribution in [0.2, 0.25) is 0 Å². The Hall–Kier alpha value is -2.51. The summed E-state index contributed by atoms with van der Waals surface area (Å²) >= 11 is 1.74. The van der Waals surface area contributed by atoms with Gasteiger partial charge < -0.3 is 9.64 Å². The van der Waals surface area contributed by atoms with E-state index in [2.05, 4.69) is 22.0 Å². The normalized spacial score (nSPS) is 15.2. The third kappa shape index (κ3) is 3.94. The molecule has 3 heterocycles. The van der Waals surface area contributed by atoms with E-state index in [0.717, 1.165) is 30.2 Å². The number of rotatable bonds is 5. The molecular formula is C20H22N4O2S. The molecule has 0 saturated carbocycles. The van der Waals surface area contributed by atoms with Crippen molar-refractivity contribution in [2.45, 2.75) is 13.5 Å². The third-order valence-electron chi connectivity index (χ3n) is 4.64. The van der Waals surface area contributed by atoms with Crippen LogP contribution in [-0.2, 0) is 6.54 Å². The number of aromatic nitrogens is 2. The molecule has 0 spiro atoms. The highest BCUT2D eigenvalue weighted by atomic mass is 32.1. The van der Waals surface area contributed by atoms with Crippen LogP contribution in [0.1, 0.15) is 22.3 Å². The number of benzene rings is 1. The van der Waals surface area contributed by atoms with E-state index in [4.69, 9.17) is 9.72 Å². The number of nitrogens with zero attached hydrogens (tertiary/aromatic N) is 4. The second kappa shape index (κ2) is 8.02. The first-order valence-electron chi connectivity index (χ1n) is 9.18. The van der Waals surface area contributed by atoms with Crippen molar-refractivity contribution in [1.29, 1.82) is 0 Å². The first kappa shape index (κ1) is 17.9. The maximum atomic E-state index is 12.9. The zero-order chi connectivity index (χ0) is 18.6. The van der Waals surface area contributed by atoms with Gasteiger partial charge in [0, 0.05) is 32.4 Å². The van der Waals surface area contributed by atoms with Crippen LogP contribution in [0.25, 0.3) is 10.2 Å². The quantitative estimate of drug-likeness (QED) is 0.679. The van der Waals surface area contributed by atoms with Crippen LogP contribution in [0.4, 0.5) is 0 Å². The highest BCUT2D eigenvalue weighted by molar-refractivity contribution is 7.18. The lowest BCUT2D eigenvalue weighted by molar-refractivity contribution is 0.0623. The Morgan fingerprint density at radius 1 is 1.15 bits per heavy atom. The number of para-hydroxylation sites is 1. The fourth-order valence-electron chi connectivity index (χ4n) is 3.26. The molecule has 7 heteroatoms. The molecule has 1 saturated heterocycles. The van der Waals surface area contributed by atoms with Crippen LogP contribution in [0.5, 0.6) is 5.88 Å². The predicted molar refractivity (Wildman–Crippen MR) is 106 cm³/mol. The number of hydrogen-bond donors (Lipinski definition) is 0. The average molecular weight is 382 g/mol. The summed E-state index contributed by atoms with van der Waals surface area (Å²) in [6, 6.07) is 11.8. The predicted octanol–water partition coefficient (Wildman–Crippen LogP) is 3.05. The number of ether oxygens (including phenoxy) is 1. The van der Waals surface area contributed by atoms with E-state index in [-0.39, 0.29) is 5.91 Å². The molecule has 1 aliphatic rings. The number of piperazine rings is 1. The molecule has 0 atom stereocenters. The molecule has 6 nitrogen and oxygen atoms in total. The lowest BCUT2D eigenvalue weighted by Crippen LogP contribution is -2.48. The minimum atomic E-state index is -0.00816. The second-order valence-electron chi connectivity index (χ2n) is 6.43. The van der Waals surface area contributed by atoms with Gasteiger partial charge in [-0.1, -0.05) is 12.1 Å². The molecule has 140 valence electrons. The van der Waals surface area contributed by atoms with Crippen LogP contribution in [0, 0.1) is 0 Å². The van der Waals surface area contributed by atoms with E-state index in [1.807, 2.05) is 24.0 Å². The first-order chi connectivity index (χ1) is 13.2. The zero-order valence-corrected chi connectivity index (χ0v) is 16.1. The molecule has 3 aromatic rings. The van der Waals surface area contributed by atoms with Crippen LogP contribution >= 0.6 is 11.3 Å². The third-order valence-corrected chi connectivity index (χ3v) is 5.66. The smallest absolute Gasteiger partial charge is 0.259 e. The number of pyridine rings is 1. The number of thiazole rings is 1. The lowest BCUT2D eigenvalue weighted by atomic mass is 10.2. The maximum Gasteiger partial charge on any atom is 0.259 e. The van der Waals surface area contributed by atoms with E-state index < -0.39 is 0 Å². The Morgan fingerprint density at radius 3 is 2.74 bits per heavy atom. The van der Waals surface area contributed by atoms with Gasteiger partial charge in [-0.15, -0.1) is 11.3 Å². The van der Waals surface area contributed by atoms with Gasteiger partial charge in [0.2, 0.25) is 5.88 Å². The monoisotopic (exact) mass is 382 g/mol. The highest BCUT2D eigenvalue weighted by Gasteiger charge is 2.25. The Labute approximate surface area is 162 Å². The van der Waals surface area contributed by atoms with Crippen molar-refractivity contribution in [3.8, 4) is 5.88 Å². The summed E-state index contributed by atoms with van der Waals surface area (Å²) < 4.78 is 6.73. The van der Waals surface area contributed by atoms with Gasteiger partial charge in [0.25, 0.3) is 5.91 Å². The molecule has 1 aliphatic heterocycles. The van der Waals surface area contributed by atoms with Crippen molar-refractivity contribution in [2.24, 2.45) is 0 Å². The van der Waals surface area contributed by atoms with Crippen LogP contribution in [0.15, 0.2) is 42.6 Å². The molecule has 0 unspecified atom stereocenters. The summed E-state index contributed by atoms with van der Waals surface area (Å²) in [5.74, 6) is 0.410. The lowest BCUT2D eigenvalue weighted by Gasteiger charge is -2.34. The van der Waals surface area contributed by atoms with E-state index >= 15 is 0 Å². The van der Waals surface area contributed by atoms with Crippen molar-refractivity contribution in [1.82, 2.24) is 19.8 Å². The Bertz CT molecular complexity index is 901. The Kier molecular flexibility index (Phi) is 5.31. The van der Waals surface area contributed by atoms with Gasteiger partial charge in [0.15, 0.2) is 0 Å². The van der Waals surface area contributed by atoms with Crippen molar-refractivity contribution in [3.05, 3.63) is 53.2 Å². The summed E-state index contributed by atoms with van der Waals surface area (Å²) in [5.41, 5.74) is 1.60. The molecular weight excluding hydrogens is 360 g/mol. The van der Waals surface area contributed by atoms with E-state index in [0.29, 0.717) is 31.1 Å². The molecule has 0 radical (unpaired) electrons. The summed E-state index contributed by atoms with van der Waals surface area (Å²) in [7, 11) is 0. The molecule has 1 amide bonds. The topological polar surface area (TPSA) is 58.6 Å². The second-order valence-corrected chi connectivity index (χ2v) is 7.55.